The Morgan fingerprint density at radius 1 is 1.38 bits per heavy atom. The van der Waals surface area contributed by atoms with E-state index in [1.165, 1.54) is 0 Å². The van der Waals surface area contributed by atoms with Gasteiger partial charge in [-0.15, -0.1) is 0 Å². The van der Waals surface area contributed by atoms with Crippen LogP contribution in [0.3, 0.4) is 0 Å². The zero-order chi connectivity index (χ0) is 10.4. The van der Waals surface area contributed by atoms with E-state index in [0.29, 0.717) is 19.3 Å². The second kappa shape index (κ2) is 6.01. The second-order valence-corrected chi connectivity index (χ2v) is 3.74. The smallest absolute Gasteiger partial charge is 0.320 e. The van der Waals surface area contributed by atoms with Crippen LogP contribution in [0.5, 0.6) is 0 Å². The minimum atomic E-state index is -0.965. The van der Waals surface area contributed by atoms with E-state index in [-0.39, 0.29) is 6.04 Å². The lowest BCUT2D eigenvalue weighted by Gasteiger charge is -2.10. The van der Waals surface area contributed by atoms with Crippen LogP contribution in [-0.4, -0.2) is 28.0 Å². The summed E-state index contributed by atoms with van der Waals surface area (Å²) in [6, 6.07) is -0.895. The Bertz CT molecular complexity index is 177. The molecule has 0 rings (SSSR count). The monoisotopic (exact) mass is 204 g/mol. The maximum Gasteiger partial charge on any atom is 0.320 e. The van der Waals surface area contributed by atoms with Gasteiger partial charge in [0.05, 0.1) is 0 Å². The Kier molecular flexibility index (Phi) is 5.77. The molecular formula is C8H16N2O2S. The molecule has 76 valence electrons. The van der Waals surface area contributed by atoms with Crippen LogP contribution in [-0.2, 0) is 4.79 Å². The number of hydrogen-bond donors (Lipinski definition) is 3. The first-order chi connectivity index (χ1) is 5.95. The van der Waals surface area contributed by atoms with Crippen molar-refractivity contribution in [1.82, 2.24) is 0 Å². The predicted octanol–water partition coefficient (Wildman–Crippen LogP) is 0.286. The number of nitrogens with two attached hydrogens (primary N) is 2. The fourth-order valence-corrected chi connectivity index (χ4v) is 1.00. The van der Waals surface area contributed by atoms with E-state index in [1.54, 1.807) is 6.92 Å². The first-order valence-corrected chi connectivity index (χ1v) is 4.60. The molecule has 5 N–H and O–H groups in total. The summed E-state index contributed by atoms with van der Waals surface area (Å²) in [5.74, 6) is -0.965. The normalized spacial score (nSPS) is 15.0. The first-order valence-electron chi connectivity index (χ1n) is 4.19. The van der Waals surface area contributed by atoms with Crippen molar-refractivity contribution in [1.29, 1.82) is 0 Å². The topological polar surface area (TPSA) is 89.3 Å². The molecule has 0 aliphatic carbocycles. The maximum absolute atomic E-state index is 10.3. The largest absolute Gasteiger partial charge is 0.480 e. The predicted molar refractivity (Wildman–Crippen MR) is 55.7 cm³/mol. The fraction of sp³-hybridized carbons (Fsp3) is 0.750. The molecule has 0 aromatic rings. The lowest BCUT2D eigenvalue weighted by atomic mass is 10.1. The van der Waals surface area contributed by atoms with Crippen molar-refractivity contribution in [3.63, 3.8) is 0 Å². The molecule has 0 fully saturated rings. The molecule has 0 radical (unpaired) electrons. The number of carboxylic acids is 1. The van der Waals surface area contributed by atoms with Crippen LogP contribution >= 0.6 is 12.2 Å². The van der Waals surface area contributed by atoms with Gasteiger partial charge in [0.2, 0.25) is 0 Å². The van der Waals surface area contributed by atoms with E-state index in [4.69, 9.17) is 28.8 Å². The highest BCUT2D eigenvalue weighted by molar-refractivity contribution is 7.80. The molecular weight excluding hydrogens is 188 g/mol. The van der Waals surface area contributed by atoms with Gasteiger partial charge in [0.15, 0.2) is 0 Å². The van der Waals surface area contributed by atoms with Crippen LogP contribution in [0.4, 0.5) is 0 Å². The number of thiocarbonyl (C=S) groups is 1. The summed E-state index contributed by atoms with van der Waals surface area (Å²) in [6.07, 6.45) is 1.85. The fourth-order valence-electron chi connectivity index (χ4n) is 0.884. The lowest BCUT2D eigenvalue weighted by Crippen LogP contribution is -2.31. The Labute approximate surface area is 83.3 Å². The Morgan fingerprint density at radius 3 is 2.23 bits per heavy atom. The standard InChI is InChI=1S/C8H16N2O2S/c1-5(13)6(9)3-2-4-7(10)8(11)12/h6-7H,2-4,9-10H2,1H3,(H,11,12)/t6?,7-/m0/s1. The summed E-state index contributed by atoms with van der Waals surface area (Å²) in [5.41, 5.74) is 11.0. The SMILES string of the molecule is CC(=S)C(N)CCC[C@H](N)C(=O)O. The van der Waals surface area contributed by atoms with Gasteiger partial charge < -0.3 is 16.6 Å². The highest BCUT2D eigenvalue weighted by Gasteiger charge is 2.12. The van der Waals surface area contributed by atoms with Crippen LogP contribution in [0.25, 0.3) is 0 Å². The minimum Gasteiger partial charge on any atom is -0.480 e. The van der Waals surface area contributed by atoms with E-state index in [9.17, 15) is 4.79 Å². The molecule has 0 saturated heterocycles. The van der Waals surface area contributed by atoms with Gasteiger partial charge >= 0.3 is 5.97 Å². The van der Waals surface area contributed by atoms with Crippen LogP contribution in [0.2, 0.25) is 0 Å². The van der Waals surface area contributed by atoms with Crippen molar-refractivity contribution < 1.29 is 9.90 Å². The van der Waals surface area contributed by atoms with Crippen LogP contribution in [0.15, 0.2) is 0 Å². The Hall–Kier alpha value is -0.520. The highest BCUT2D eigenvalue weighted by Crippen LogP contribution is 2.03. The third-order valence-electron chi connectivity index (χ3n) is 1.87. The summed E-state index contributed by atoms with van der Waals surface area (Å²) in [6.45, 7) is 1.79. The molecule has 0 aliphatic rings. The molecule has 0 heterocycles. The van der Waals surface area contributed by atoms with Crippen LogP contribution < -0.4 is 11.5 Å². The summed E-state index contributed by atoms with van der Waals surface area (Å²) < 4.78 is 0. The van der Waals surface area contributed by atoms with Crippen molar-refractivity contribution in [3.8, 4) is 0 Å². The van der Waals surface area contributed by atoms with Gasteiger partial charge in [-0.3, -0.25) is 4.79 Å². The highest BCUT2D eigenvalue weighted by atomic mass is 32.1. The van der Waals surface area contributed by atoms with E-state index in [0.717, 1.165) is 4.86 Å². The van der Waals surface area contributed by atoms with E-state index >= 15 is 0 Å². The third-order valence-corrected chi connectivity index (χ3v) is 2.17. The number of carboxylic acid groups (broad SMARTS) is 1. The maximum atomic E-state index is 10.3. The number of aliphatic carboxylic acids is 1. The average Bonchev–Trinajstić information content (AvgIpc) is 2.03. The van der Waals surface area contributed by atoms with Crippen molar-refractivity contribution in [2.45, 2.75) is 38.3 Å². The molecule has 2 atom stereocenters. The van der Waals surface area contributed by atoms with Crippen molar-refractivity contribution in [2.75, 3.05) is 0 Å². The van der Waals surface area contributed by atoms with Crippen LogP contribution in [0, 0.1) is 0 Å². The molecule has 5 heteroatoms. The quantitative estimate of drug-likeness (QED) is 0.541. The second-order valence-electron chi connectivity index (χ2n) is 3.09. The zero-order valence-electron chi connectivity index (χ0n) is 7.69. The number of rotatable bonds is 6. The van der Waals surface area contributed by atoms with Crippen molar-refractivity contribution in [3.05, 3.63) is 0 Å². The van der Waals surface area contributed by atoms with Crippen molar-refractivity contribution in [2.24, 2.45) is 11.5 Å². The first kappa shape index (κ1) is 12.5. The van der Waals surface area contributed by atoms with Gasteiger partial charge in [-0.1, -0.05) is 12.2 Å². The van der Waals surface area contributed by atoms with Gasteiger partial charge in [0.1, 0.15) is 6.04 Å². The zero-order valence-corrected chi connectivity index (χ0v) is 8.51. The number of carbonyl (C=O) groups is 1. The Morgan fingerprint density at radius 2 is 1.85 bits per heavy atom. The molecule has 13 heavy (non-hydrogen) atoms. The van der Waals surface area contributed by atoms with Crippen LogP contribution in [0.1, 0.15) is 26.2 Å². The molecule has 0 aromatic carbocycles. The average molecular weight is 204 g/mol. The molecule has 0 spiro atoms. The summed E-state index contributed by atoms with van der Waals surface area (Å²) in [7, 11) is 0. The molecule has 0 saturated carbocycles. The molecule has 0 bridgehead atoms. The molecule has 0 aromatic heterocycles. The van der Waals surface area contributed by atoms with Gasteiger partial charge in [-0.05, 0) is 26.2 Å². The molecule has 0 amide bonds. The lowest BCUT2D eigenvalue weighted by molar-refractivity contribution is -0.138. The molecule has 4 nitrogen and oxygen atoms in total. The third kappa shape index (κ3) is 5.68. The molecule has 1 unspecified atom stereocenters. The van der Waals surface area contributed by atoms with Gasteiger partial charge in [-0.2, -0.15) is 0 Å². The summed E-state index contributed by atoms with van der Waals surface area (Å²) in [5, 5.41) is 8.47. The van der Waals surface area contributed by atoms with Gasteiger partial charge in [0, 0.05) is 10.9 Å². The van der Waals surface area contributed by atoms with Gasteiger partial charge in [-0.25, -0.2) is 0 Å². The van der Waals surface area contributed by atoms with E-state index in [2.05, 4.69) is 0 Å². The van der Waals surface area contributed by atoms with E-state index in [1.807, 2.05) is 0 Å². The number of hydrogen-bond acceptors (Lipinski definition) is 4. The van der Waals surface area contributed by atoms with E-state index < -0.39 is 12.0 Å². The summed E-state index contributed by atoms with van der Waals surface area (Å²) >= 11 is 4.88. The van der Waals surface area contributed by atoms with Gasteiger partial charge in [0.25, 0.3) is 0 Å². The Balaban J connectivity index is 3.56. The van der Waals surface area contributed by atoms with Crippen molar-refractivity contribution >= 4 is 23.1 Å². The minimum absolute atomic E-state index is 0.115. The molecule has 0 aliphatic heterocycles. The summed E-state index contributed by atoms with van der Waals surface area (Å²) in [4.78, 5) is 11.1.